The summed E-state index contributed by atoms with van der Waals surface area (Å²) in [5.41, 5.74) is 8.34. The molecule has 6 nitrogen and oxygen atoms in total. The molecule has 0 aliphatic rings. The molecule has 1 amide bonds. The van der Waals surface area contributed by atoms with E-state index in [0.29, 0.717) is 25.4 Å². The first-order valence-electron chi connectivity index (χ1n) is 6.44. The number of H-pyrrole nitrogens is 1. The molecule has 0 spiro atoms. The molecule has 1 aromatic heterocycles. The van der Waals surface area contributed by atoms with Crippen LogP contribution < -0.4 is 11.1 Å². The van der Waals surface area contributed by atoms with Gasteiger partial charge in [-0.3, -0.25) is 9.89 Å². The lowest BCUT2D eigenvalue weighted by molar-refractivity contribution is 0.0945. The third kappa shape index (κ3) is 3.36. The van der Waals surface area contributed by atoms with Crippen LogP contribution in [0.25, 0.3) is 0 Å². The Bertz CT molecular complexity index is 580. The number of carbonyl (C=O) groups is 1. The van der Waals surface area contributed by atoms with Gasteiger partial charge in [0.15, 0.2) is 0 Å². The van der Waals surface area contributed by atoms with E-state index in [4.69, 9.17) is 10.5 Å². The van der Waals surface area contributed by atoms with Crippen molar-refractivity contribution in [2.45, 2.75) is 20.1 Å². The van der Waals surface area contributed by atoms with Gasteiger partial charge in [-0.25, -0.2) is 0 Å². The molecule has 0 saturated heterocycles. The topological polar surface area (TPSA) is 93.0 Å². The van der Waals surface area contributed by atoms with Crippen LogP contribution in [0.3, 0.4) is 0 Å². The van der Waals surface area contributed by atoms with Crippen LogP contribution in [0.5, 0.6) is 0 Å². The molecule has 0 aliphatic heterocycles. The van der Waals surface area contributed by atoms with Crippen molar-refractivity contribution in [3.63, 3.8) is 0 Å². The largest absolute Gasteiger partial charge is 0.396 e. The summed E-state index contributed by atoms with van der Waals surface area (Å²) in [7, 11) is 0. The number of amides is 1. The third-order valence-corrected chi connectivity index (χ3v) is 2.92. The molecule has 0 atom stereocenters. The minimum atomic E-state index is -0.272. The van der Waals surface area contributed by atoms with Crippen LogP contribution in [0.1, 0.15) is 28.5 Å². The predicted octanol–water partition coefficient (Wildman–Crippen LogP) is 1.46. The summed E-state index contributed by atoms with van der Waals surface area (Å²) in [6.45, 7) is 3.56. The van der Waals surface area contributed by atoms with E-state index in [1.54, 1.807) is 0 Å². The van der Waals surface area contributed by atoms with Crippen LogP contribution in [-0.2, 0) is 17.9 Å². The summed E-state index contributed by atoms with van der Waals surface area (Å²) >= 11 is 0. The normalized spacial score (nSPS) is 10.4. The number of nitrogens with one attached hydrogen (secondary N) is 2. The molecule has 0 radical (unpaired) electrons. The summed E-state index contributed by atoms with van der Waals surface area (Å²) in [5, 5.41) is 9.12. The number of ether oxygens (including phenoxy) is 1. The van der Waals surface area contributed by atoms with Crippen molar-refractivity contribution in [3.05, 3.63) is 47.3 Å². The first-order valence-corrected chi connectivity index (χ1v) is 6.44. The molecule has 0 aliphatic carbocycles. The maximum absolute atomic E-state index is 11.9. The highest BCUT2D eigenvalue weighted by Crippen LogP contribution is 2.11. The zero-order chi connectivity index (χ0) is 14.4. The van der Waals surface area contributed by atoms with Crippen LogP contribution in [0.4, 0.5) is 5.69 Å². The van der Waals surface area contributed by atoms with Crippen LogP contribution >= 0.6 is 0 Å². The molecule has 0 bridgehead atoms. The van der Waals surface area contributed by atoms with Crippen LogP contribution in [-0.4, -0.2) is 22.7 Å². The van der Waals surface area contributed by atoms with Gasteiger partial charge in [0.05, 0.1) is 18.5 Å². The number of nitrogens with zero attached hydrogens (tertiary/aromatic N) is 1. The Morgan fingerprint density at radius 2 is 2.15 bits per heavy atom. The van der Waals surface area contributed by atoms with Crippen LogP contribution in [0, 0.1) is 0 Å². The number of aromatic amines is 1. The highest BCUT2D eigenvalue weighted by Gasteiger charge is 2.11. The van der Waals surface area contributed by atoms with Crippen LogP contribution in [0.2, 0.25) is 0 Å². The van der Waals surface area contributed by atoms with E-state index in [2.05, 4.69) is 15.5 Å². The molecule has 106 valence electrons. The minimum Gasteiger partial charge on any atom is -0.396 e. The predicted molar refractivity (Wildman–Crippen MR) is 75.9 cm³/mol. The Morgan fingerprint density at radius 1 is 1.40 bits per heavy atom. The number of benzene rings is 1. The van der Waals surface area contributed by atoms with Gasteiger partial charge in [0, 0.05) is 13.2 Å². The van der Waals surface area contributed by atoms with E-state index in [0.717, 1.165) is 11.1 Å². The smallest absolute Gasteiger partial charge is 0.271 e. The fourth-order valence-electron chi connectivity index (χ4n) is 1.82. The SMILES string of the molecule is CCOCc1ccccc1CNC(=O)c1[nH]ncc1N. The fourth-order valence-corrected chi connectivity index (χ4v) is 1.82. The standard InChI is InChI=1S/C14H18N4O2/c1-2-20-9-11-6-4-3-5-10(11)7-16-14(19)13-12(15)8-17-18-13/h3-6,8H,2,7,9,15H2,1H3,(H,16,19)(H,17,18). The van der Waals surface area contributed by atoms with Crippen molar-refractivity contribution in [3.8, 4) is 0 Å². The quantitative estimate of drug-likeness (QED) is 0.743. The summed E-state index contributed by atoms with van der Waals surface area (Å²) in [4.78, 5) is 11.9. The van der Waals surface area contributed by atoms with E-state index in [-0.39, 0.29) is 11.6 Å². The first-order chi connectivity index (χ1) is 9.72. The second-order valence-corrected chi connectivity index (χ2v) is 4.29. The zero-order valence-electron chi connectivity index (χ0n) is 11.3. The minimum absolute atomic E-state index is 0.272. The Morgan fingerprint density at radius 3 is 2.80 bits per heavy atom. The molecule has 6 heteroatoms. The number of anilines is 1. The molecular weight excluding hydrogens is 256 g/mol. The molecule has 0 fully saturated rings. The summed E-state index contributed by atoms with van der Waals surface area (Å²) in [5.74, 6) is -0.272. The monoisotopic (exact) mass is 274 g/mol. The number of aromatic nitrogens is 2. The lowest BCUT2D eigenvalue weighted by atomic mass is 10.1. The molecule has 1 aromatic carbocycles. The molecular formula is C14H18N4O2. The summed E-state index contributed by atoms with van der Waals surface area (Å²) in [6.07, 6.45) is 1.41. The summed E-state index contributed by atoms with van der Waals surface area (Å²) in [6, 6.07) is 7.83. The second kappa shape index (κ2) is 6.72. The summed E-state index contributed by atoms with van der Waals surface area (Å²) < 4.78 is 5.41. The van der Waals surface area contributed by atoms with Gasteiger partial charge in [-0.2, -0.15) is 5.10 Å². The lowest BCUT2D eigenvalue weighted by Crippen LogP contribution is -2.24. The second-order valence-electron chi connectivity index (χ2n) is 4.29. The van der Waals surface area contributed by atoms with Gasteiger partial charge in [-0.1, -0.05) is 24.3 Å². The van der Waals surface area contributed by atoms with E-state index in [1.165, 1.54) is 6.20 Å². The molecule has 0 saturated carbocycles. The zero-order valence-corrected chi connectivity index (χ0v) is 11.3. The molecule has 20 heavy (non-hydrogen) atoms. The van der Waals surface area contributed by atoms with Crippen molar-refractivity contribution in [1.82, 2.24) is 15.5 Å². The fraction of sp³-hybridized carbons (Fsp3) is 0.286. The maximum Gasteiger partial charge on any atom is 0.271 e. The number of rotatable bonds is 6. The Labute approximate surface area is 117 Å². The highest BCUT2D eigenvalue weighted by atomic mass is 16.5. The number of carbonyl (C=O) groups excluding carboxylic acids is 1. The van der Waals surface area contributed by atoms with Gasteiger partial charge in [-0.15, -0.1) is 0 Å². The van der Waals surface area contributed by atoms with Crippen molar-refractivity contribution in [1.29, 1.82) is 0 Å². The maximum atomic E-state index is 11.9. The number of hydrogen-bond donors (Lipinski definition) is 3. The average Bonchev–Trinajstić information content (AvgIpc) is 2.89. The average molecular weight is 274 g/mol. The molecule has 4 N–H and O–H groups in total. The van der Waals surface area contributed by atoms with Gasteiger partial charge in [-0.05, 0) is 18.1 Å². The van der Waals surface area contributed by atoms with E-state index >= 15 is 0 Å². The van der Waals surface area contributed by atoms with Gasteiger partial charge in [0.25, 0.3) is 5.91 Å². The molecule has 1 heterocycles. The molecule has 2 rings (SSSR count). The van der Waals surface area contributed by atoms with Crippen molar-refractivity contribution in [2.24, 2.45) is 0 Å². The Kier molecular flexibility index (Phi) is 4.73. The van der Waals surface area contributed by atoms with Crippen molar-refractivity contribution in [2.75, 3.05) is 12.3 Å². The van der Waals surface area contributed by atoms with Gasteiger partial charge < -0.3 is 15.8 Å². The highest BCUT2D eigenvalue weighted by molar-refractivity contribution is 5.96. The molecule has 0 unspecified atom stereocenters. The first kappa shape index (κ1) is 14.1. The van der Waals surface area contributed by atoms with E-state index in [1.807, 2.05) is 31.2 Å². The van der Waals surface area contributed by atoms with Gasteiger partial charge in [0.2, 0.25) is 0 Å². The third-order valence-electron chi connectivity index (χ3n) is 2.92. The van der Waals surface area contributed by atoms with Crippen molar-refractivity contribution >= 4 is 11.6 Å². The van der Waals surface area contributed by atoms with E-state index < -0.39 is 0 Å². The lowest BCUT2D eigenvalue weighted by Gasteiger charge is -2.10. The number of nitrogen functional groups attached to an aromatic ring is 1. The Balaban J connectivity index is 2.00. The number of hydrogen-bond acceptors (Lipinski definition) is 4. The van der Waals surface area contributed by atoms with Gasteiger partial charge >= 0.3 is 0 Å². The molecule has 2 aromatic rings. The van der Waals surface area contributed by atoms with E-state index in [9.17, 15) is 4.79 Å². The van der Waals surface area contributed by atoms with Crippen LogP contribution in [0.15, 0.2) is 30.5 Å². The van der Waals surface area contributed by atoms with Gasteiger partial charge in [0.1, 0.15) is 5.69 Å². The Hall–Kier alpha value is -2.34. The number of nitrogens with two attached hydrogens (primary N) is 1. The van der Waals surface area contributed by atoms with Crippen molar-refractivity contribution < 1.29 is 9.53 Å².